The number of nitrogens with zero attached hydrogens (tertiary/aromatic N) is 1. The molecule has 6 heteroatoms. The number of ether oxygens (including phenoxy) is 1. The van der Waals surface area contributed by atoms with Crippen LogP contribution >= 0.6 is 11.3 Å². The number of rotatable bonds is 8. The number of likely N-dealkylation sites (tertiary alicyclic amines) is 1. The van der Waals surface area contributed by atoms with Crippen LogP contribution < -0.4 is 4.74 Å². The molecule has 0 radical (unpaired) electrons. The summed E-state index contributed by atoms with van der Waals surface area (Å²) >= 11 is 1.46. The quantitative estimate of drug-likeness (QED) is 0.220. The maximum absolute atomic E-state index is 13.7. The van der Waals surface area contributed by atoms with Crippen LogP contribution in [0.3, 0.4) is 0 Å². The zero-order valence-corrected chi connectivity index (χ0v) is 20.4. The van der Waals surface area contributed by atoms with Crippen molar-refractivity contribution in [2.24, 2.45) is 0 Å². The summed E-state index contributed by atoms with van der Waals surface area (Å²) in [7, 11) is 0. The molecule has 0 unspecified atom stereocenters. The number of hydrogen-bond donors (Lipinski definition) is 2. The van der Waals surface area contributed by atoms with E-state index >= 15 is 0 Å². The summed E-state index contributed by atoms with van der Waals surface area (Å²) < 4.78 is 6.76. The number of aromatic hydroxyl groups is 2. The van der Waals surface area contributed by atoms with Crippen LogP contribution in [0.5, 0.6) is 17.2 Å². The molecular formula is C29H29NO4S. The fraction of sp³-hybridized carbons (Fsp3) is 0.276. The summed E-state index contributed by atoms with van der Waals surface area (Å²) in [5.74, 6) is 1.02. The second-order valence-electron chi connectivity index (χ2n) is 8.99. The van der Waals surface area contributed by atoms with Crippen LogP contribution in [0.25, 0.3) is 20.5 Å². The monoisotopic (exact) mass is 487 g/mol. The van der Waals surface area contributed by atoms with Crippen molar-refractivity contribution in [3.8, 4) is 27.7 Å². The van der Waals surface area contributed by atoms with E-state index < -0.39 is 0 Å². The van der Waals surface area contributed by atoms with Crippen molar-refractivity contribution in [1.29, 1.82) is 0 Å². The Morgan fingerprint density at radius 1 is 0.886 bits per heavy atom. The highest BCUT2D eigenvalue weighted by Gasteiger charge is 2.22. The number of carbonyl (C=O) groups excluding carboxylic acids is 1. The summed E-state index contributed by atoms with van der Waals surface area (Å²) in [6, 6.07) is 19.2. The third-order valence-corrected chi connectivity index (χ3v) is 7.68. The first-order valence-electron chi connectivity index (χ1n) is 12.1. The minimum absolute atomic E-state index is 0.0818. The van der Waals surface area contributed by atoms with E-state index in [9.17, 15) is 15.0 Å². The standard InChI is InChI=1S/C29H29NO4S/c31-22-9-5-21(6-10-22)29-27(25-14-11-23(32)19-26(25)35-29)28(33)20-7-12-24(13-8-20)34-18-4-17-30-15-2-1-3-16-30/h5-14,19,31-32H,1-4,15-18H2. The van der Waals surface area contributed by atoms with Crippen molar-refractivity contribution in [3.63, 3.8) is 0 Å². The Balaban J connectivity index is 1.34. The number of fused-ring (bicyclic) bond motifs is 1. The average Bonchev–Trinajstić information content (AvgIpc) is 3.26. The van der Waals surface area contributed by atoms with Gasteiger partial charge in [-0.3, -0.25) is 4.79 Å². The zero-order chi connectivity index (χ0) is 24.2. The van der Waals surface area contributed by atoms with Crippen LogP contribution in [-0.2, 0) is 0 Å². The summed E-state index contributed by atoms with van der Waals surface area (Å²) in [5.41, 5.74) is 2.03. The Bertz CT molecular complexity index is 1310. The molecule has 5 nitrogen and oxygen atoms in total. The van der Waals surface area contributed by atoms with Gasteiger partial charge in [-0.2, -0.15) is 0 Å². The lowest BCUT2D eigenvalue weighted by molar-refractivity contribution is 0.104. The third-order valence-electron chi connectivity index (χ3n) is 6.48. The van der Waals surface area contributed by atoms with E-state index in [1.54, 1.807) is 42.5 Å². The zero-order valence-electron chi connectivity index (χ0n) is 19.6. The highest BCUT2D eigenvalue weighted by molar-refractivity contribution is 7.22. The van der Waals surface area contributed by atoms with Crippen LogP contribution in [0.2, 0.25) is 0 Å². The highest BCUT2D eigenvalue weighted by Crippen LogP contribution is 2.41. The topological polar surface area (TPSA) is 70.0 Å². The summed E-state index contributed by atoms with van der Waals surface area (Å²) in [6.07, 6.45) is 4.93. The molecule has 4 aromatic rings. The number of phenolic OH excluding ortho intramolecular Hbond substituents is 2. The number of ketones is 1. The van der Waals surface area contributed by atoms with Gasteiger partial charge in [-0.05, 0) is 105 Å². The number of benzene rings is 3. The predicted octanol–water partition coefficient (Wildman–Crippen LogP) is 6.47. The predicted molar refractivity (Wildman–Crippen MR) is 141 cm³/mol. The van der Waals surface area contributed by atoms with E-state index in [0.29, 0.717) is 17.7 Å². The number of hydrogen-bond acceptors (Lipinski definition) is 6. The number of phenols is 2. The third kappa shape index (κ3) is 5.34. The van der Waals surface area contributed by atoms with Gasteiger partial charge in [-0.25, -0.2) is 0 Å². The van der Waals surface area contributed by atoms with Gasteiger partial charge in [0.05, 0.1) is 6.61 Å². The molecule has 35 heavy (non-hydrogen) atoms. The first-order valence-corrected chi connectivity index (χ1v) is 12.9. The Morgan fingerprint density at radius 2 is 1.60 bits per heavy atom. The molecule has 1 saturated heterocycles. The Kier molecular flexibility index (Phi) is 7.02. The molecule has 2 N–H and O–H groups in total. The molecule has 0 bridgehead atoms. The second kappa shape index (κ2) is 10.5. The van der Waals surface area contributed by atoms with E-state index in [4.69, 9.17) is 4.74 Å². The molecule has 5 rings (SSSR count). The molecule has 0 spiro atoms. The van der Waals surface area contributed by atoms with Crippen LogP contribution in [0.4, 0.5) is 0 Å². The maximum atomic E-state index is 13.7. The molecular weight excluding hydrogens is 458 g/mol. The van der Waals surface area contributed by atoms with Crippen LogP contribution in [0.15, 0.2) is 66.7 Å². The average molecular weight is 488 g/mol. The van der Waals surface area contributed by atoms with Crippen LogP contribution in [0, 0.1) is 0 Å². The van der Waals surface area contributed by atoms with Crippen molar-refractivity contribution in [2.45, 2.75) is 25.7 Å². The largest absolute Gasteiger partial charge is 0.508 e. The van der Waals surface area contributed by atoms with E-state index in [1.165, 1.54) is 43.7 Å². The normalized spacial score (nSPS) is 14.3. The van der Waals surface area contributed by atoms with Gasteiger partial charge in [0, 0.05) is 32.6 Å². The van der Waals surface area contributed by atoms with Gasteiger partial charge in [0.1, 0.15) is 17.2 Å². The maximum Gasteiger partial charge on any atom is 0.195 e. The minimum atomic E-state index is -0.0818. The molecule has 0 saturated carbocycles. The van der Waals surface area contributed by atoms with Gasteiger partial charge in [-0.15, -0.1) is 11.3 Å². The lowest BCUT2D eigenvalue weighted by atomic mass is 9.97. The van der Waals surface area contributed by atoms with Gasteiger partial charge in [-0.1, -0.05) is 6.42 Å². The van der Waals surface area contributed by atoms with Crippen molar-refractivity contribution in [3.05, 3.63) is 77.9 Å². The van der Waals surface area contributed by atoms with Crippen LogP contribution in [0.1, 0.15) is 41.6 Å². The molecule has 1 aliphatic heterocycles. The van der Waals surface area contributed by atoms with Gasteiger partial charge >= 0.3 is 0 Å². The first kappa shape index (κ1) is 23.4. The lowest BCUT2D eigenvalue weighted by Gasteiger charge is -2.26. The molecule has 0 aliphatic carbocycles. The Hall–Kier alpha value is -3.35. The molecule has 1 fully saturated rings. The Morgan fingerprint density at radius 3 is 2.34 bits per heavy atom. The van der Waals surface area contributed by atoms with E-state index in [0.717, 1.165) is 39.2 Å². The van der Waals surface area contributed by atoms with Crippen molar-refractivity contribution >= 4 is 27.2 Å². The highest BCUT2D eigenvalue weighted by atomic mass is 32.1. The van der Waals surface area contributed by atoms with Crippen molar-refractivity contribution in [1.82, 2.24) is 4.90 Å². The SMILES string of the molecule is O=C(c1ccc(OCCCN2CCCCC2)cc1)c1c(-c2ccc(O)cc2)sc2cc(O)ccc12. The van der Waals surface area contributed by atoms with E-state index in [2.05, 4.69) is 4.90 Å². The fourth-order valence-electron chi connectivity index (χ4n) is 4.63. The van der Waals surface area contributed by atoms with E-state index in [1.807, 2.05) is 24.3 Å². The van der Waals surface area contributed by atoms with Crippen molar-refractivity contribution < 1.29 is 19.7 Å². The smallest absolute Gasteiger partial charge is 0.195 e. The molecule has 1 aliphatic rings. The lowest BCUT2D eigenvalue weighted by Crippen LogP contribution is -2.31. The van der Waals surface area contributed by atoms with E-state index in [-0.39, 0.29) is 17.3 Å². The van der Waals surface area contributed by atoms with Gasteiger partial charge in [0.15, 0.2) is 5.78 Å². The van der Waals surface area contributed by atoms with Gasteiger partial charge in [0.25, 0.3) is 0 Å². The number of piperidine rings is 1. The molecule has 0 atom stereocenters. The van der Waals surface area contributed by atoms with Crippen LogP contribution in [-0.4, -0.2) is 47.1 Å². The molecule has 1 aromatic heterocycles. The molecule has 180 valence electrons. The second-order valence-corrected chi connectivity index (χ2v) is 10.0. The van der Waals surface area contributed by atoms with Gasteiger partial charge in [0.2, 0.25) is 0 Å². The number of carbonyl (C=O) groups is 1. The van der Waals surface area contributed by atoms with Gasteiger partial charge < -0.3 is 19.8 Å². The fourth-order valence-corrected chi connectivity index (χ4v) is 5.87. The molecule has 0 amide bonds. The van der Waals surface area contributed by atoms with Crippen molar-refractivity contribution in [2.75, 3.05) is 26.2 Å². The number of thiophene rings is 1. The Labute approximate surface area is 209 Å². The molecule has 2 heterocycles. The first-order chi connectivity index (χ1) is 17.1. The summed E-state index contributed by atoms with van der Waals surface area (Å²) in [5, 5.41) is 20.5. The minimum Gasteiger partial charge on any atom is -0.508 e. The summed E-state index contributed by atoms with van der Waals surface area (Å²) in [6.45, 7) is 4.12. The summed E-state index contributed by atoms with van der Waals surface area (Å²) in [4.78, 5) is 17.0. The molecule has 3 aromatic carbocycles.